The van der Waals surface area contributed by atoms with E-state index < -0.39 is 17.9 Å². The van der Waals surface area contributed by atoms with Crippen LogP contribution >= 0.6 is 0 Å². The molecule has 3 aromatic rings. The quantitative estimate of drug-likeness (QED) is 0.156. The Morgan fingerprint density at radius 3 is 1.67 bits per heavy atom. The molecular weight excluding hydrogens is 502 g/mol. The number of carbonyl (C=O) groups excluding carboxylic acids is 2. The second-order valence-electron chi connectivity index (χ2n) is 8.16. The van der Waals surface area contributed by atoms with Crippen LogP contribution in [0, 0.1) is 5.92 Å². The van der Waals surface area contributed by atoms with Crippen LogP contribution in [-0.4, -0.2) is 45.6 Å². The van der Waals surface area contributed by atoms with Crippen LogP contribution in [0.2, 0.25) is 0 Å². The van der Waals surface area contributed by atoms with Crippen molar-refractivity contribution in [3.63, 3.8) is 0 Å². The van der Waals surface area contributed by atoms with Gasteiger partial charge in [0.2, 0.25) is 0 Å². The van der Waals surface area contributed by atoms with E-state index in [2.05, 4.69) is 4.99 Å². The number of esters is 2. The average Bonchev–Trinajstić information content (AvgIpc) is 2.96. The summed E-state index contributed by atoms with van der Waals surface area (Å²) in [5, 5.41) is 0. The van der Waals surface area contributed by atoms with Crippen molar-refractivity contribution in [3.05, 3.63) is 77.9 Å². The number of hydrogen-bond donors (Lipinski definition) is 0. The summed E-state index contributed by atoms with van der Waals surface area (Å²) < 4.78 is 32.6. The predicted octanol–water partition coefficient (Wildman–Crippen LogP) is 5.31. The summed E-state index contributed by atoms with van der Waals surface area (Å²) >= 11 is 0. The van der Waals surface area contributed by atoms with E-state index in [0.29, 0.717) is 23.8 Å². The summed E-state index contributed by atoms with van der Waals surface area (Å²) in [5.41, 5.74) is 2.33. The van der Waals surface area contributed by atoms with Crippen LogP contribution in [0.15, 0.2) is 71.7 Å². The monoisotopic (exact) mass is 535 g/mol. The van der Waals surface area contributed by atoms with Crippen molar-refractivity contribution in [3.8, 4) is 23.0 Å². The molecule has 0 aromatic heterocycles. The fraction of sp³-hybridized carbons (Fsp3) is 0.300. The zero-order chi connectivity index (χ0) is 28.0. The molecule has 0 aliphatic carbocycles. The molecule has 0 radical (unpaired) electrons. The number of rotatable bonds is 14. The number of hydrogen-bond acceptors (Lipinski definition) is 9. The summed E-state index contributed by atoms with van der Waals surface area (Å²) in [5.74, 6) is -0.280. The van der Waals surface area contributed by atoms with E-state index in [1.807, 2.05) is 48.5 Å². The van der Waals surface area contributed by atoms with Gasteiger partial charge in [-0.3, -0.25) is 14.6 Å². The first-order valence-corrected chi connectivity index (χ1v) is 12.5. The van der Waals surface area contributed by atoms with Crippen molar-refractivity contribution in [1.82, 2.24) is 0 Å². The fourth-order valence-electron chi connectivity index (χ4n) is 3.42. The molecule has 0 aliphatic heterocycles. The normalized spacial score (nSPS) is 10.8. The van der Waals surface area contributed by atoms with E-state index in [9.17, 15) is 9.59 Å². The second kappa shape index (κ2) is 15.0. The van der Waals surface area contributed by atoms with Gasteiger partial charge in [-0.05, 0) is 61.4 Å². The van der Waals surface area contributed by atoms with Gasteiger partial charge in [0, 0.05) is 12.3 Å². The van der Waals surface area contributed by atoms with Crippen molar-refractivity contribution >= 4 is 23.8 Å². The Balaban J connectivity index is 1.83. The molecule has 39 heavy (non-hydrogen) atoms. The molecule has 0 bridgehead atoms. The van der Waals surface area contributed by atoms with E-state index in [-0.39, 0.29) is 19.8 Å². The molecular formula is C30H33NO8. The predicted molar refractivity (Wildman–Crippen MR) is 146 cm³/mol. The summed E-state index contributed by atoms with van der Waals surface area (Å²) in [6.07, 6.45) is 1.22. The minimum absolute atomic E-state index is 0.131. The Bertz CT molecular complexity index is 1220. The lowest BCUT2D eigenvalue weighted by Crippen LogP contribution is -2.29. The van der Waals surface area contributed by atoms with Crippen LogP contribution in [0.25, 0.3) is 0 Å². The molecule has 9 heteroatoms. The van der Waals surface area contributed by atoms with Crippen molar-refractivity contribution in [2.75, 3.05) is 27.4 Å². The van der Waals surface area contributed by atoms with Crippen LogP contribution in [0.4, 0.5) is 5.69 Å². The maximum absolute atomic E-state index is 12.3. The van der Waals surface area contributed by atoms with E-state index in [0.717, 1.165) is 22.6 Å². The number of methoxy groups -OCH3 is 2. The van der Waals surface area contributed by atoms with Gasteiger partial charge < -0.3 is 28.4 Å². The third-order valence-corrected chi connectivity index (χ3v) is 5.49. The number of carbonyl (C=O) groups is 2. The number of benzene rings is 3. The fourth-order valence-corrected chi connectivity index (χ4v) is 3.42. The Hall–Kier alpha value is -4.53. The minimum Gasteiger partial charge on any atom is -0.497 e. The summed E-state index contributed by atoms with van der Waals surface area (Å²) in [7, 11) is 3.22. The molecule has 0 amide bonds. The zero-order valence-corrected chi connectivity index (χ0v) is 22.5. The maximum Gasteiger partial charge on any atom is 0.325 e. The maximum atomic E-state index is 12.3. The van der Waals surface area contributed by atoms with E-state index in [1.165, 1.54) is 6.21 Å². The van der Waals surface area contributed by atoms with Crippen LogP contribution in [-0.2, 0) is 32.3 Å². The van der Waals surface area contributed by atoms with Crippen molar-refractivity contribution in [1.29, 1.82) is 0 Å². The molecule has 0 saturated carbocycles. The average molecular weight is 536 g/mol. The van der Waals surface area contributed by atoms with Gasteiger partial charge in [0.15, 0.2) is 17.4 Å². The molecule has 0 N–H and O–H groups in total. The molecule has 0 aliphatic rings. The van der Waals surface area contributed by atoms with Gasteiger partial charge >= 0.3 is 11.9 Å². The van der Waals surface area contributed by atoms with E-state index in [4.69, 9.17) is 28.4 Å². The lowest BCUT2D eigenvalue weighted by atomic mass is 10.1. The van der Waals surface area contributed by atoms with Gasteiger partial charge in [-0.25, -0.2) is 0 Å². The Morgan fingerprint density at radius 2 is 1.21 bits per heavy atom. The zero-order valence-electron chi connectivity index (χ0n) is 22.5. The lowest BCUT2D eigenvalue weighted by molar-refractivity contribution is -0.157. The largest absolute Gasteiger partial charge is 0.497 e. The van der Waals surface area contributed by atoms with Gasteiger partial charge in [-0.2, -0.15) is 0 Å². The summed E-state index contributed by atoms with van der Waals surface area (Å²) in [6.45, 7) is 4.16. The lowest BCUT2D eigenvalue weighted by Gasteiger charge is -2.14. The SMILES string of the molecule is CCOC(=O)C(C=Nc1ccc(OCc2ccc(OC)cc2)c(OCc2ccc(OC)cc2)c1)C(=O)OCC. The van der Waals surface area contributed by atoms with Gasteiger partial charge in [0.1, 0.15) is 24.7 Å². The first kappa shape index (κ1) is 29.0. The second-order valence-corrected chi connectivity index (χ2v) is 8.16. The minimum atomic E-state index is -1.28. The van der Waals surface area contributed by atoms with Gasteiger partial charge in [-0.15, -0.1) is 0 Å². The van der Waals surface area contributed by atoms with E-state index in [1.54, 1.807) is 46.3 Å². The molecule has 0 atom stereocenters. The van der Waals surface area contributed by atoms with Crippen molar-refractivity contribution in [2.24, 2.45) is 10.9 Å². The third kappa shape index (κ3) is 8.77. The highest BCUT2D eigenvalue weighted by Crippen LogP contribution is 2.33. The third-order valence-electron chi connectivity index (χ3n) is 5.49. The number of nitrogens with zero attached hydrogens (tertiary/aromatic N) is 1. The van der Waals surface area contributed by atoms with Crippen molar-refractivity contribution < 1.29 is 38.0 Å². The molecule has 0 saturated heterocycles. The molecule has 3 rings (SSSR count). The molecule has 0 unspecified atom stereocenters. The Morgan fingerprint density at radius 1 is 0.718 bits per heavy atom. The first-order valence-electron chi connectivity index (χ1n) is 12.5. The van der Waals surface area contributed by atoms with Crippen LogP contribution in [0.3, 0.4) is 0 Å². The Labute approximate surface area is 228 Å². The number of ether oxygens (including phenoxy) is 6. The summed E-state index contributed by atoms with van der Waals surface area (Å²) in [4.78, 5) is 28.9. The first-order chi connectivity index (χ1) is 19.0. The highest BCUT2D eigenvalue weighted by Gasteiger charge is 2.27. The molecule has 0 fully saturated rings. The van der Waals surface area contributed by atoms with Gasteiger partial charge in [0.25, 0.3) is 0 Å². The summed E-state index contributed by atoms with van der Waals surface area (Å²) in [6, 6.07) is 20.2. The molecule has 0 spiro atoms. The molecule has 9 nitrogen and oxygen atoms in total. The highest BCUT2D eigenvalue weighted by molar-refractivity contribution is 6.09. The smallest absolute Gasteiger partial charge is 0.325 e. The topological polar surface area (TPSA) is 102 Å². The van der Waals surface area contributed by atoms with Crippen LogP contribution in [0.5, 0.6) is 23.0 Å². The van der Waals surface area contributed by atoms with Gasteiger partial charge in [-0.1, -0.05) is 24.3 Å². The van der Waals surface area contributed by atoms with E-state index >= 15 is 0 Å². The highest BCUT2D eigenvalue weighted by atomic mass is 16.6. The molecule has 0 heterocycles. The van der Waals surface area contributed by atoms with Crippen LogP contribution < -0.4 is 18.9 Å². The van der Waals surface area contributed by atoms with Crippen LogP contribution in [0.1, 0.15) is 25.0 Å². The Kier molecular flexibility index (Phi) is 11.2. The standard InChI is InChI=1S/C30H33NO8/c1-5-36-29(32)26(30(33)37-6-2)18-31-23-11-16-27(38-19-21-7-12-24(34-3)13-8-21)28(17-23)39-20-22-9-14-25(35-4)15-10-22/h7-18,26H,5-6,19-20H2,1-4H3. The van der Waals surface area contributed by atoms with Crippen molar-refractivity contribution in [2.45, 2.75) is 27.1 Å². The number of aliphatic imine (C=N–C) groups is 1. The molecule has 206 valence electrons. The molecule has 3 aromatic carbocycles. The van der Waals surface area contributed by atoms with Gasteiger partial charge in [0.05, 0.1) is 33.1 Å².